The van der Waals surface area contributed by atoms with Crippen LogP contribution in [0.2, 0.25) is 0 Å². The van der Waals surface area contributed by atoms with Crippen LogP contribution in [-0.4, -0.2) is 23.9 Å². The van der Waals surface area contributed by atoms with Gasteiger partial charge >= 0.3 is 0 Å². The van der Waals surface area contributed by atoms with Gasteiger partial charge in [0.1, 0.15) is 5.76 Å². The Kier molecular flexibility index (Phi) is 4.91. The maximum Gasteiger partial charge on any atom is 0.234 e. The van der Waals surface area contributed by atoms with E-state index in [1.807, 2.05) is 30.3 Å². The van der Waals surface area contributed by atoms with E-state index in [2.05, 4.69) is 22.3 Å². The van der Waals surface area contributed by atoms with Crippen molar-refractivity contribution >= 4 is 5.91 Å². The monoisotopic (exact) mass is 298 g/mol. The molecular formula is C18H22N2O2. The average molecular weight is 298 g/mol. The van der Waals surface area contributed by atoms with Crippen LogP contribution < -0.4 is 5.32 Å². The summed E-state index contributed by atoms with van der Waals surface area (Å²) in [7, 11) is 0. The lowest BCUT2D eigenvalue weighted by Crippen LogP contribution is -2.37. The number of carbonyl (C=O) groups is 1. The second kappa shape index (κ2) is 7.27. The van der Waals surface area contributed by atoms with Gasteiger partial charge in [0, 0.05) is 13.1 Å². The molecule has 0 bridgehead atoms. The maximum atomic E-state index is 12.1. The van der Waals surface area contributed by atoms with Gasteiger partial charge in [-0.05, 0) is 36.5 Å². The van der Waals surface area contributed by atoms with Crippen molar-refractivity contribution in [2.24, 2.45) is 5.92 Å². The van der Waals surface area contributed by atoms with Crippen molar-refractivity contribution in [1.29, 1.82) is 0 Å². The van der Waals surface area contributed by atoms with Crippen LogP contribution in [0.15, 0.2) is 53.1 Å². The van der Waals surface area contributed by atoms with Gasteiger partial charge in [0.05, 0.1) is 19.4 Å². The van der Waals surface area contributed by atoms with Crippen molar-refractivity contribution in [2.75, 3.05) is 13.1 Å². The SMILES string of the molecule is O=C(CN(Cc1ccccc1)Cc1ccco1)NCC1CC1. The first-order valence-electron chi connectivity index (χ1n) is 7.85. The minimum Gasteiger partial charge on any atom is -0.468 e. The van der Waals surface area contributed by atoms with E-state index < -0.39 is 0 Å². The van der Waals surface area contributed by atoms with Crippen LogP contribution in [0.25, 0.3) is 0 Å². The zero-order chi connectivity index (χ0) is 15.2. The van der Waals surface area contributed by atoms with Gasteiger partial charge in [0.2, 0.25) is 5.91 Å². The molecule has 1 aliphatic carbocycles. The van der Waals surface area contributed by atoms with Crippen molar-refractivity contribution in [3.05, 3.63) is 60.1 Å². The topological polar surface area (TPSA) is 45.5 Å². The minimum absolute atomic E-state index is 0.0920. The lowest BCUT2D eigenvalue weighted by atomic mass is 10.2. The van der Waals surface area contributed by atoms with Gasteiger partial charge < -0.3 is 9.73 Å². The number of nitrogens with one attached hydrogen (secondary N) is 1. The molecule has 1 fully saturated rings. The normalized spacial score (nSPS) is 14.2. The van der Waals surface area contributed by atoms with Gasteiger partial charge in [-0.3, -0.25) is 9.69 Å². The maximum absolute atomic E-state index is 12.1. The molecule has 0 spiro atoms. The van der Waals surface area contributed by atoms with E-state index in [4.69, 9.17) is 4.42 Å². The Balaban J connectivity index is 1.58. The van der Waals surface area contributed by atoms with Crippen molar-refractivity contribution in [2.45, 2.75) is 25.9 Å². The number of furan rings is 1. The fraction of sp³-hybridized carbons (Fsp3) is 0.389. The van der Waals surface area contributed by atoms with Gasteiger partial charge in [0.15, 0.2) is 0 Å². The summed E-state index contributed by atoms with van der Waals surface area (Å²) in [6, 6.07) is 14.0. The number of hydrogen-bond acceptors (Lipinski definition) is 3. The molecule has 1 aliphatic rings. The molecule has 0 atom stereocenters. The Labute approximate surface area is 131 Å². The third-order valence-electron chi connectivity index (χ3n) is 3.86. The summed E-state index contributed by atoms with van der Waals surface area (Å²) in [5.41, 5.74) is 1.20. The number of carbonyl (C=O) groups excluding carboxylic acids is 1. The van der Waals surface area contributed by atoms with Gasteiger partial charge in [-0.15, -0.1) is 0 Å². The number of rotatable bonds is 8. The van der Waals surface area contributed by atoms with Crippen LogP contribution in [0.3, 0.4) is 0 Å². The Morgan fingerprint density at radius 2 is 1.95 bits per heavy atom. The van der Waals surface area contributed by atoms with Crippen LogP contribution in [-0.2, 0) is 17.9 Å². The summed E-state index contributed by atoms with van der Waals surface area (Å²) in [6.45, 7) is 2.58. The van der Waals surface area contributed by atoms with Crippen LogP contribution in [0, 0.1) is 5.92 Å². The summed E-state index contributed by atoms with van der Waals surface area (Å²) in [5.74, 6) is 1.68. The van der Waals surface area contributed by atoms with Crippen molar-refractivity contribution in [1.82, 2.24) is 10.2 Å². The first-order valence-corrected chi connectivity index (χ1v) is 7.85. The zero-order valence-electron chi connectivity index (χ0n) is 12.7. The molecule has 0 unspecified atom stereocenters. The highest BCUT2D eigenvalue weighted by molar-refractivity contribution is 5.78. The molecule has 1 amide bonds. The van der Waals surface area contributed by atoms with Crippen LogP contribution >= 0.6 is 0 Å². The smallest absolute Gasteiger partial charge is 0.234 e. The molecule has 1 N–H and O–H groups in total. The van der Waals surface area contributed by atoms with Crippen LogP contribution in [0.1, 0.15) is 24.2 Å². The summed E-state index contributed by atoms with van der Waals surface area (Å²) in [5, 5.41) is 3.03. The van der Waals surface area contributed by atoms with E-state index in [0.29, 0.717) is 19.0 Å². The van der Waals surface area contributed by atoms with E-state index in [1.165, 1.54) is 18.4 Å². The van der Waals surface area contributed by atoms with Crippen LogP contribution in [0.4, 0.5) is 0 Å². The molecular weight excluding hydrogens is 276 g/mol. The third kappa shape index (κ3) is 4.74. The molecule has 4 heteroatoms. The summed E-state index contributed by atoms with van der Waals surface area (Å²) < 4.78 is 5.42. The van der Waals surface area contributed by atoms with Crippen molar-refractivity contribution in [3.63, 3.8) is 0 Å². The standard InChI is InChI=1S/C18H22N2O2/c21-18(19-11-15-8-9-15)14-20(13-17-7-4-10-22-17)12-16-5-2-1-3-6-16/h1-7,10,15H,8-9,11-14H2,(H,19,21). The summed E-state index contributed by atoms with van der Waals surface area (Å²) in [6.07, 6.45) is 4.17. The Morgan fingerprint density at radius 1 is 1.14 bits per heavy atom. The quantitative estimate of drug-likeness (QED) is 0.815. The van der Waals surface area contributed by atoms with E-state index in [9.17, 15) is 4.79 Å². The van der Waals surface area contributed by atoms with Gasteiger partial charge in [-0.25, -0.2) is 0 Å². The fourth-order valence-electron chi connectivity index (χ4n) is 2.47. The van der Waals surface area contributed by atoms with Crippen molar-refractivity contribution < 1.29 is 9.21 Å². The largest absolute Gasteiger partial charge is 0.468 e. The second-order valence-corrected chi connectivity index (χ2v) is 5.96. The number of hydrogen-bond donors (Lipinski definition) is 1. The molecule has 22 heavy (non-hydrogen) atoms. The number of benzene rings is 1. The first kappa shape index (κ1) is 14.9. The average Bonchev–Trinajstić information content (AvgIpc) is 3.22. The number of amides is 1. The van der Waals surface area contributed by atoms with E-state index in [0.717, 1.165) is 18.8 Å². The Morgan fingerprint density at radius 3 is 2.64 bits per heavy atom. The molecule has 0 aliphatic heterocycles. The molecule has 3 rings (SSSR count). The summed E-state index contributed by atoms with van der Waals surface area (Å²) >= 11 is 0. The molecule has 1 aromatic carbocycles. The minimum atomic E-state index is 0.0920. The van der Waals surface area contributed by atoms with Gasteiger partial charge in [-0.1, -0.05) is 30.3 Å². The second-order valence-electron chi connectivity index (χ2n) is 5.96. The first-order chi connectivity index (χ1) is 10.8. The Hall–Kier alpha value is -2.07. The van der Waals surface area contributed by atoms with Gasteiger partial charge in [-0.2, -0.15) is 0 Å². The van der Waals surface area contributed by atoms with Crippen molar-refractivity contribution in [3.8, 4) is 0 Å². The predicted molar refractivity (Wildman–Crippen MR) is 85.0 cm³/mol. The molecule has 0 saturated heterocycles. The highest BCUT2D eigenvalue weighted by Crippen LogP contribution is 2.27. The zero-order valence-corrected chi connectivity index (χ0v) is 12.7. The molecule has 0 radical (unpaired) electrons. The molecule has 1 saturated carbocycles. The van der Waals surface area contributed by atoms with Gasteiger partial charge in [0.25, 0.3) is 0 Å². The predicted octanol–water partition coefficient (Wildman–Crippen LogP) is 2.81. The highest BCUT2D eigenvalue weighted by Gasteiger charge is 2.22. The summed E-state index contributed by atoms with van der Waals surface area (Å²) in [4.78, 5) is 14.2. The molecule has 2 aromatic rings. The Bertz CT molecular complexity index is 576. The highest BCUT2D eigenvalue weighted by atomic mass is 16.3. The molecule has 4 nitrogen and oxygen atoms in total. The van der Waals surface area contributed by atoms with Crippen LogP contribution in [0.5, 0.6) is 0 Å². The molecule has 1 heterocycles. The lowest BCUT2D eigenvalue weighted by molar-refractivity contribution is -0.122. The lowest BCUT2D eigenvalue weighted by Gasteiger charge is -2.21. The van der Waals surface area contributed by atoms with E-state index >= 15 is 0 Å². The third-order valence-corrected chi connectivity index (χ3v) is 3.86. The van der Waals surface area contributed by atoms with E-state index in [-0.39, 0.29) is 5.91 Å². The number of nitrogens with zero attached hydrogens (tertiary/aromatic N) is 1. The molecule has 1 aromatic heterocycles. The molecule has 116 valence electrons. The fourth-order valence-corrected chi connectivity index (χ4v) is 2.47. The van der Waals surface area contributed by atoms with E-state index in [1.54, 1.807) is 6.26 Å².